The van der Waals surface area contributed by atoms with Crippen molar-refractivity contribution in [2.75, 3.05) is 19.8 Å². The molecule has 0 spiro atoms. The van der Waals surface area contributed by atoms with Crippen molar-refractivity contribution in [2.45, 2.75) is 12.2 Å². The van der Waals surface area contributed by atoms with Crippen LogP contribution in [0.15, 0.2) is 11.6 Å². The molecule has 12 heavy (non-hydrogen) atoms. The fourth-order valence-electron chi connectivity index (χ4n) is 0.988. The molecule has 1 heterocycles. The summed E-state index contributed by atoms with van der Waals surface area (Å²) in [5.74, 6) is -0.277. The Morgan fingerprint density at radius 2 is 2.67 bits per heavy atom. The number of rotatable bonds is 2. The predicted octanol–water partition coefficient (Wildman–Crippen LogP) is 0.804. The van der Waals surface area contributed by atoms with Crippen molar-refractivity contribution in [2.24, 2.45) is 0 Å². The topological polar surface area (TPSA) is 35.5 Å². The lowest BCUT2D eigenvalue weighted by atomic mass is 10.1. The van der Waals surface area contributed by atoms with Crippen LogP contribution in [0.4, 0.5) is 0 Å². The van der Waals surface area contributed by atoms with Gasteiger partial charge in [0, 0.05) is 0 Å². The highest BCUT2D eigenvalue weighted by atomic mass is 32.1. The van der Waals surface area contributed by atoms with Gasteiger partial charge in [0.1, 0.15) is 0 Å². The van der Waals surface area contributed by atoms with E-state index in [0.29, 0.717) is 25.4 Å². The van der Waals surface area contributed by atoms with Crippen molar-refractivity contribution < 1.29 is 14.3 Å². The Morgan fingerprint density at radius 3 is 3.25 bits per heavy atom. The maximum absolute atomic E-state index is 11.2. The van der Waals surface area contributed by atoms with E-state index < -0.39 is 0 Å². The molecule has 0 aliphatic carbocycles. The van der Waals surface area contributed by atoms with Crippen LogP contribution >= 0.6 is 12.6 Å². The first kappa shape index (κ1) is 9.61. The van der Waals surface area contributed by atoms with E-state index in [1.165, 1.54) is 0 Å². The number of carbonyl (C=O) groups excluding carboxylic acids is 1. The highest BCUT2D eigenvalue weighted by molar-refractivity contribution is 7.81. The molecule has 3 nitrogen and oxygen atoms in total. The molecule has 68 valence electrons. The van der Waals surface area contributed by atoms with E-state index >= 15 is 0 Å². The summed E-state index contributed by atoms with van der Waals surface area (Å²) in [6.07, 6.45) is 1.72. The highest BCUT2D eigenvalue weighted by Gasteiger charge is 2.21. The molecule has 0 aromatic carbocycles. The lowest BCUT2D eigenvalue weighted by molar-refractivity contribution is -0.138. The van der Waals surface area contributed by atoms with E-state index in [0.717, 1.165) is 0 Å². The third-order valence-electron chi connectivity index (χ3n) is 1.57. The van der Waals surface area contributed by atoms with Crippen molar-refractivity contribution in [1.82, 2.24) is 0 Å². The van der Waals surface area contributed by atoms with Gasteiger partial charge in [-0.2, -0.15) is 12.6 Å². The van der Waals surface area contributed by atoms with Gasteiger partial charge in [0.05, 0.1) is 30.6 Å². The number of hydrogen-bond donors (Lipinski definition) is 1. The molecular formula is C8H12O3S. The van der Waals surface area contributed by atoms with Crippen molar-refractivity contribution in [3.05, 3.63) is 11.6 Å². The summed E-state index contributed by atoms with van der Waals surface area (Å²) in [5, 5.41) is -0.141. The summed E-state index contributed by atoms with van der Waals surface area (Å²) < 4.78 is 9.92. The van der Waals surface area contributed by atoms with Crippen LogP contribution in [0.5, 0.6) is 0 Å². The SMILES string of the molecule is CCOC(=O)C1=CCOCC1S. The average molecular weight is 188 g/mol. The Hall–Kier alpha value is -0.480. The molecule has 1 atom stereocenters. The molecule has 0 saturated heterocycles. The van der Waals surface area contributed by atoms with Gasteiger partial charge < -0.3 is 9.47 Å². The van der Waals surface area contributed by atoms with E-state index in [-0.39, 0.29) is 11.2 Å². The second-order valence-electron chi connectivity index (χ2n) is 2.43. The van der Waals surface area contributed by atoms with E-state index in [1.807, 2.05) is 0 Å². The first-order valence-corrected chi connectivity index (χ1v) is 4.40. The second kappa shape index (κ2) is 4.52. The van der Waals surface area contributed by atoms with Crippen molar-refractivity contribution in [1.29, 1.82) is 0 Å². The van der Waals surface area contributed by atoms with E-state index in [9.17, 15) is 4.79 Å². The minimum absolute atomic E-state index is 0.141. The van der Waals surface area contributed by atoms with E-state index in [4.69, 9.17) is 9.47 Å². The number of thiol groups is 1. The van der Waals surface area contributed by atoms with Gasteiger partial charge in [-0.25, -0.2) is 4.79 Å². The first-order valence-electron chi connectivity index (χ1n) is 3.88. The summed E-state index contributed by atoms with van der Waals surface area (Å²) in [7, 11) is 0. The molecule has 4 heteroatoms. The molecule has 1 unspecified atom stereocenters. The fourth-order valence-corrected chi connectivity index (χ4v) is 1.30. The molecule has 0 saturated carbocycles. The summed E-state index contributed by atoms with van der Waals surface area (Å²) in [6.45, 7) is 3.14. The average Bonchev–Trinajstić information content (AvgIpc) is 2.05. The third kappa shape index (κ3) is 2.25. The van der Waals surface area contributed by atoms with Crippen LogP contribution < -0.4 is 0 Å². The zero-order chi connectivity index (χ0) is 8.97. The van der Waals surface area contributed by atoms with Gasteiger partial charge in [-0.05, 0) is 13.0 Å². The van der Waals surface area contributed by atoms with Gasteiger partial charge in [0.25, 0.3) is 0 Å². The van der Waals surface area contributed by atoms with E-state index in [1.54, 1.807) is 13.0 Å². The fraction of sp³-hybridized carbons (Fsp3) is 0.625. The smallest absolute Gasteiger partial charge is 0.334 e. The molecule has 1 aliphatic rings. The number of esters is 1. The second-order valence-corrected chi connectivity index (χ2v) is 3.06. The number of carbonyl (C=O) groups is 1. The van der Waals surface area contributed by atoms with Gasteiger partial charge in [0.2, 0.25) is 0 Å². The maximum atomic E-state index is 11.2. The van der Waals surface area contributed by atoms with Crippen LogP contribution in [0.2, 0.25) is 0 Å². The molecule has 0 aromatic heterocycles. The van der Waals surface area contributed by atoms with Gasteiger partial charge in [-0.15, -0.1) is 0 Å². The highest BCUT2D eigenvalue weighted by Crippen LogP contribution is 2.15. The molecule has 0 N–H and O–H groups in total. The zero-order valence-electron chi connectivity index (χ0n) is 6.95. The minimum Gasteiger partial charge on any atom is -0.463 e. The summed E-state index contributed by atoms with van der Waals surface area (Å²) in [4.78, 5) is 11.2. The lowest BCUT2D eigenvalue weighted by Gasteiger charge is -2.18. The Balaban J connectivity index is 2.59. The first-order chi connectivity index (χ1) is 5.75. The molecule has 0 radical (unpaired) electrons. The lowest BCUT2D eigenvalue weighted by Crippen LogP contribution is -2.25. The van der Waals surface area contributed by atoms with E-state index in [2.05, 4.69) is 12.6 Å². The molecule has 0 aromatic rings. The maximum Gasteiger partial charge on any atom is 0.334 e. The zero-order valence-corrected chi connectivity index (χ0v) is 7.84. The van der Waals surface area contributed by atoms with Gasteiger partial charge in [-0.1, -0.05) is 0 Å². The summed E-state index contributed by atoms with van der Waals surface area (Å²) in [6, 6.07) is 0. The molecular weight excluding hydrogens is 176 g/mol. The largest absolute Gasteiger partial charge is 0.463 e. The summed E-state index contributed by atoms with van der Waals surface area (Å²) in [5.41, 5.74) is 0.617. The Labute approximate surface area is 77.1 Å². The van der Waals surface area contributed by atoms with Crippen molar-refractivity contribution in [3.8, 4) is 0 Å². The Morgan fingerprint density at radius 1 is 1.92 bits per heavy atom. The molecule has 1 aliphatic heterocycles. The summed E-state index contributed by atoms with van der Waals surface area (Å²) >= 11 is 4.19. The Bertz CT molecular complexity index is 200. The van der Waals surface area contributed by atoms with Gasteiger partial charge >= 0.3 is 5.97 Å². The third-order valence-corrected chi connectivity index (χ3v) is 1.99. The molecule has 0 bridgehead atoms. The van der Waals surface area contributed by atoms with Crippen LogP contribution in [0.25, 0.3) is 0 Å². The Kier molecular flexibility index (Phi) is 3.62. The standard InChI is InChI=1S/C8H12O3S/c1-2-11-8(9)6-3-4-10-5-7(6)12/h3,7,12H,2,4-5H2,1H3. The van der Waals surface area contributed by atoms with Crippen LogP contribution in [0.1, 0.15) is 6.92 Å². The minimum atomic E-state index is -0.277. The van der Waals surface area contributed by atoms with Gasteiger partial charge in [-0.3, -0.25) is 0 Å². The molecule has 0 fully saturated rings. The number of hydrogen-bond acceptors (Lipinski definition) is 4. The normalized spacial score (nSPS) is 23.2. The van der Waals surface area contributed by atoms with Crippen molar-refractivity contribution >= 4 is 18.6 Å². The molecule has 1 rings (SSSR count). The van der Waals surface area contributed by atoms with Crippen LogP contribution in [-0.2, 0) is 14.3 Å². The number of ether oxygens (including phenoxy) is 2. The van der Waals surface area contributed by atoms with Gasteiger partial charge in [0.15, 0.2) is 0 Å². The molecule has 0 amide bonds. The van der Waals surface area contributed by atoms with Crippen LogP contribution in [0.3, 0.4) is 0 Å². The monoisotopic (exact) mass is 188 g/mol. The van der Waals surface area contributed by atoms with Crippen LogP contribution in [0, 0.1) is 0 Å². The van der Waals surface area contributed by atoms with Crippen LogP contribution in [-0.4, -0.2) is 31.0 Å². The predicted molar refractivity (Wildman–Crippen MR) is 48.3 cm³/mol. The quantitative estimate of drug-likeness (QED) is 0.514. The van der Waals surface area contributed by atoms with Crippen molar-refractivity contribution in [3.63, 3.8) is 0 Å².